The van der Waals surface area contributed by atoms with Gasteiger partial charge in [-0.15, -0.1) is 0 Å². The monoisotopic (exact) mass is 229 g/mol. The van der Waals surface area contributed by atoms with Crippen LogP contribution in [0, 0.1) is 5.92 Å². The maximum Gasteiger partial charge on any atom is 0.304 e. The molecule has 2 unspecified atom stereocenters. The van der Waals surface area contributed by atoms with Crippen LogP contribution in [-0.2, 0) is 4.79 Å². The number of carbonyl (C=O) groups is 1. The fraction of sp³-hybridized carbons (Fsp3) is 0.923. The first-order valence-electron chi connectivity index (χ1n) is 6.50. The maximum absolute atomic E-state index is 10.6. The summed E-state index contributed by atoms with van der Waals surface area (Å²) in [7, 11) is 0. The Labute approximate surface area is 99.8 Å². The van der Waals surface area contributed by atoms with E-state index in [2.05, 4.69) is 32.6 Å². The van der Waals surface area contributed by atoms with E-state index in [1.807, 2.05) is 0 Å². The van der Waals surface area contributed by atoms with E-state index in [0.717, 1.165) is 18.9 Å². The number of hydrogen-bond acceptors (Lipinski definition) is 2. The lowest BCUT2D eigenvalue weighted by Gasteiger charge is -2.31. The molecule has 2 atom stereocenters. The molecule has 16 heavy (non-hydrogen) atoms. The molecular formula is C13H27NO2. The zero-order chi connectivity index (χ0) is 12.6. The predicted molar refractivity (Wildman–Crippen MR) is 67.7 cm³/mol. The molecule has 1 N–H and O–H groups in total. The van der Waals surface area contributed by atoms with E-state index in [0.29, 0.717) is 12.6 Å². The van der Waals surface area contributed by atoms with Crippen molar-refractivity contribution in [3.63, 3.8) is 0 Å². The Kier molecular flexibility index (Phi) is 8.26. The molecule has 0 saturated carbocycles. The maximum atomic E-state index is 10.6. The smallest absolute Gasteiger partial charge is 0.304 e. The Morgan fingerprint density at radius 1 is 1.25 bits per heavy atom. The molecule has 0 aliphatic heterocycles. The lowest BCUT2D eigenvalue weighted by molar-refractivity contribution is -0.137. The lowest BCUT2D eigenvalue weighted by atomic mass is 9.96. The van der Waals surface area contributed by atoms with Crippen molar-refractivity contribution in [3.8, 4) is 0 Å². The van der Waals surface area contributed by atoms with Crippen LogP contribution in [0.25, 0.3) is 0 Å². The molecule has 0 radical (unpaired) electrons. The molecule has 0 spiro atoms. The van der Waals surface area contributed by atoms with Crippen LogP contribution in [0.5, 0.6) is 0 Å². The molecule has 0 aromatic rings. The summed E-state index contributed by atoms with van der Waals surface area (Å²) in [5.74, 6) is 0.0284. The summed E-state index contributed by atoms with van der Waals surface area (Å²) < 4.78 is 0. The van der Waals surface area contributed by atoms with Gasteiger partial charge in [0.1, 0.15) is 0 Å². The molecule has 0 fully saturated rings. The second-order valence-electron chi connectivity index (χ2n) is 4.58. The van der Waals surface area contributed by atoms with Gasteiger partial charge in [-0.3, -0.25) is 4.79 Å². The van der Waals surface area contributed by atoms with Crippen molar-refractivity contribution >= 4 is 5.97 Å². The largest absolute Gasteiger partial charge is 0.481 e. The van der Waals surface area contributed by atoms with Crippen LogP contribution in [0.2, 0.25) is 0 Å². The van der Waals surface area contributed by atoms with Crippen LogP contribution in [0.15, 0.2) is 0 Å². The van der Waals surface area contributed by atoms with E-state index in [9.17, 15) is 4.79 Å². The number of aliphatic carboxylic acids is 1. The van der Waals surface area contributed by atoms with E-state index in [-0.39, 0.29) is 6.42 Å². The van der Waals surface area contributed by atoms with Gasteiger partial charge in [0.05, 0.1) is 6.42 Å². The van der Waals surface area contributed by atoms with Gasteiger partial charge in [0.2, 0.25) is 0 Å². The minimum absolute atomic E-state index is 0.255. The van der Waals surface area contributed by atoms with Crippen LogP contribution < -0.4 is 0 Å². The van der Waals surface area contributed by atoms with Crippen LogP contribution >= 0.6 is 0 Å². The second-order valence-corrected chi connectivity index (χ2v) is 4.58. The van der Waals surface area contributed by atoms with Crippen LogP contribution in [0.3, 0.4) is 0 Å². The molecule has 0 bridgehead atoms. The second kappa shape index (κ2) is 8.57. The molecule has 0 saturated heterocycles. The van der Waals surface area contributed by atoms with Gasteiger partial charge in [-0.1, -0.05) is 34.1 Å². The highest BCUT2D eigenvalue weighted by Crippen LogP contribution is 2.17. The van der Waals surface area contributed by atoms with E-state index in [1.54, 1.807) is 0 Å². The summed E-state index contributed by atoms with van der Waals surface area (Å²) >= 11 is 0. The Bertz CT molecular complexity index is 194. The van der Waals surface area contributed by atoms with Gasteiger partial charge in [0, 0.05) is 12.6 Å². The molecule has 0 aliphatic carbocycles. The first-order valence-corrected chi connectivity index (χ1v) is 6.50. The third-order valence-electron chi connectivity index (χ3n) is 3.38. The van der Waals surface area contributed by atoms with Gasteiger partial charge in [0.25, 0.3) is 0 Å². The van der Waals surface area contributed by atoms with Gasteiger partial charge in [-0.05, 0) is 25.3 Å². The van der Waals surface area contributed by atoms with E-state index in [4.69, 9.17) is 5.11 Å². The van der Waals surface area contributed by atoms with Crippen molar-refractivity contribution in [2.24, 2.45) is 5.92 Å². The minimum Gasteiger partial charge on any atom is -0.481 e. The molecule has 3 heteroatoms. The molecule has 0 aliphatic rings. The number of rotatable bonds is 9. The Balaban J connectivity index is 4.20. The van der Waals surface area contributed by atoms with Crippen molar-refractivity contribution in [2.45, 2.75) is 59.4 Å². The van der Waals surface area contributed by atoms with Gasteiger partial charge >= 0.3 is 5.97 Å². The number of hydrogen-bond donors (Lipinski definition) is 1. The molecule has 3 nitrogen and oxygen atoms in total. The average molecular weight is 229 g/mol. The van der Waals surface area contributed by atoms with Crippen molar-refractivity contribution in [3.05, 3.63) is 0 Å². The summed E-state index contributed by atoms with van der Waals surface area (Å²) in [4.78, 5) is 12.9. The fourth-order valence-electron chi connectivity index (χ4n) is 2.04. The normalized spacial score (nSPS) is 15.1. The van der Waals surface area contributed by atoms with E-state index < -0.39 is 5.97 Å². The Morgan fingerprint density at radius 3 is 2.25 bits per heavy atom. The summed E-state index contributed by atoms with van der Waals surface area (Å²) in [6.45, 7) is 10.4. The van der Waals surface area contributed by atoms with Crippen LogP contribution in [0.4, 0.5) is 0 Å². The summed E-state index contributed by atoms with van der Waals surface area (Å²) in [6, 6.07) is 0.541. The highest BCUT2D eigenvalue weighted by Gasteiger charge is 2.17. The van der Waals surface area contributed by atoms with Crippen molar-refractivity contribution in [2.75, 3.05) is 13.1 Å². The molecule has 0 aromatic carbocycles. The lowest BCUT2D eigenvalue weighted by Crippen LogP contribution is -2.37. The molecule has 0 aromatic heterocycles. The summed E-state index contributed by atoms with van der Waals surface area (Å²) in [5.41, 5.74) is 0. The van der Waals surface area contributed by atoms with Crippen molar-refractivity contribution < 1.29 is 9.90 Å². The van der Waals surface area contributed by atoms with Gasteiger partial charge in [-0.25, -0.2) is 0 Å². The average Bonchev–Trinajstić information content (AvgIpc) is 2.27. The topological polar surface area (TPSA) is 40.5 Å². The van der Waals surface area contributed by atoms with Gasteiger partial charge in [0.15, 0.2) is 0 Å². The van der Waals surface area contributed by atoms with Gasteiger partial charge in [-0.2, -0.15) is 0 Å². The molecule has 0 heterocycles. The van der Waals surface area contributed by atoms with Crippen molar-refractivity contribution in [1.29, 1.82) is 0 Å². The number of carboxylic acid groups (broad SMARTS) is 1. The third-order valence-corrected chi connectivity index (χ3v) is 3.38. The van der Waals surface area contributed by atoms with E-state index in [1.165, 1.54) is 12.8 Å². The SMILES string of the molecule is CCC(C)CC(CC)N(CC)CCC(=O)O. The quantitative estimate of drug-likeness (QED) is 0.660. The fourth-order valence-corrected chi connectivity index (χ4v) is 2.04. The molecule has 0 rings (SSSR count). The first-order chi connectivity index (χ1) is 7.54. The predicted octanol–water partition coefficient (Wildman–Crippen LogP) is 3.00. The van der Waals surface area contributed by atoms with Crippen molar-refractivity contribution in [1.82, 2.24) is 4.90 Å². The first kappa shape index (κ1) is 15.4. The Morgan fingerprint density at radius 2 is 1.88 bits per heavy atom. The van der Waals surface area contributed by atoms with Gasteiger partial charge < -0.3 is 10.0 Å². The van der Waals surface area contributed by atoms with E-state index >= 15 is 0 Å². The highest BCUT2D eigenvalue weighted by molar-refractivity contribution is 5.66. The molecular weight excluding hydrogens is 202 g/mol. The Hall–Kier alpha value is -0.570. The zero-order valence-electron chi connectivity index (χ0n) is 11.2. The number of nitrogens with zero attached hydrogens (tertiary/aromatic N) is 1. The third kappa shape index (κ3) is 6.11. The summed E-state index contributed by atoms with van der Waals surface area (Å²) in [6.07, 6.45) is 3.75. The zero-order valence-corrected chi connectivity index (χ0v) is 11.2. The van der Waals surface area contributed by atoms with Crippen LogP contribution in [-0.4, -0.2) is 35.1 Å². The minimum atomic E-state index is -0.697. The van der Waals surface area contributed by atoms with Crippen LogP contribution in [0.1, 0.15) is 53.4 Å². The summed E-state index contributed by atoms with van der Waals surface area (Å²) in [5, 5.41) is 8.71. The standard InChI is InChI=1S/C13H27NO2/c1-5-11(4)10-12(6-2)14(7-3)9-8-13(15)16/h11-12H,5-10H2,1-4H3,(H,15,16). The highest BCUT2D eigenvalue weighted by atomic mass is 16.4. The molecule has 96 valence electrons. The molecule has 0 amide bonds. The number of carboxylic acids is 1.